The summed E-state index contributed by atoms with van der Waals surface area (Å²) in [7, 11) is 0. The van der Waals surface area contributed by atoms with Crippen LogP contribution in [0.1, 0.15) is 25.0 Å². The Kier molecular flexibility index (Phi) is 4.52. The standard InChI is InChI=1S/C13H16BrN3O2/c1-9(10-3-2-4-11(14)16-10)13(19)17-7-5-12(18)15-6-8-17/h2-4,9H,5-8H2,1H3,(H,15,18). The number of aromatic nitrogens is 1. The summed E-state index contributed by atoms with van der Waals surface area (Å²) in [4.78, 5) is 29.7. The topological polar surface area (TPSA) is 62.3 Å². The number of carbonyl (C=O) groups excluding carboxylic acids is 2. The minimum Gasteiger partial charge on any atom is -0.354 e. The first kappa shape index (κ1) is 14.0. The molecule has 1 atom stereocenters. The lowest BCUT2D eigenvalue weighted by atomic mass is 10.1. The van der Waals surface area contributed by atoms with Gasteiger partial charge in [0.05, 0.1) is 11.6 Å². The summed E-state index contributed by atoms with van der Waals surface area (Å²) in [5.41, 5.74) is 0.739. The molecule has 2 heterocycles. The van der Waals surface area contributed by atoms with E-state index in [0.717, 1.165) is 10.3 Å². The quantitative estimate of drug-likeness (QED) is 0.833. The molecular weight excluding hydrogens is 310 g/mol. The molecule has 1 saturated heterocycles. The second-order valence-corrected chi connectivity index (χ2v) is 5.34. The Morgan fingerprint density at radius 1 is 1.47 bits per heavy atom. The number of halogens is 1. The molecule has 0 spiro atoms. The predicted octanol–water partition coefficient (Wildman–Crippen LogP) is 1.30. The molecule has 1 aromatic heterocycles. The highest BCUT2D eigenvalue weighted by Crippen LogP contribution is 2.18. The van der Waals surface area contributed by atoms with Gasteiger partial charge in [0, 0.05) is 26.1 Å². The molecular formula is C13H16BrN3O2. The Balaban J connectivity index is 2.08. The molecule has 1 aliphatic rings. The summed E-state index contributed by atoms with van der Waals surface area (Å²) < 4.78 is 0.720. The number of nitrogens with zero attached hydrogens (tertiary/aromatic N) is 2. The van der Waals surface area contributed by atoms with Crippen LogP contribution in [0, 0.1) is 0 Å². The number of hydrogen-bond acceptors (Lipinski definition) is 3. The molecule has 1 fully saturated rings. The molecule has 5 nitrogen and oxygen atoms in total. The summed E-state index contributed by atoms with van der Waals surface area (Å²) in [5.74, 6) is -0.281. The number of nitrogens with one attached hydrogen (secondary N) is 1. The molecule has 2 amide bonds. The van der Waals surface area contributed by atoms with Gasteiger partial charge < -0.3 is 10.2 Å². The molecule has 1 aliphatic heterocycles. The molecule has 1 unspecified atom stereocenters. The first-order chi connectivity index (χ1) is 9.08. The molecule has 6 heteroatoms. The SMILES string of the molecule is CC(C(=O)N1CCNC(=O)CC1)c1cccc(Br)n1. The van der Waals surface area contributed by atoms with Crippen molar-refractivity contribution < 1.29 is 9.59 Å². The summed E-state index contributed by atoms with van der Waals surface area (Å²) in [5, 5.41) is 2.76. The van der Waals surface area contributed by atoms with Crippen molar-refractivity contribution in [1.29, 1.82) is 0 Å². The van der Waals surface area contributed by atoms with E-state index in [1.807, 2.05) is 25.1 Å². The van der Waals surface area contributed by atoms with Gasteiger partial charge in [0.1, 0.15) is 4.60 Å². The molecule has 1 aromatic rings. The van der Waals surface area contributed by atoms with Gasteiger partial charge in [0.15, 0.2) is 0 Å². The van der Waals surface area contributed by atoms with Gasteiger partial charge in [-0.05, 0) is 35.0 Å². The summed E-state index contributed by atoms with van der Waals surface area (Å²) in [6.07, 6.45) is 0.365. The first-order valence-corrected chi connectivity index (χ1v) is 7.05. The van der Waals surface area contributed by atoms with Crippen molar-refractivity contribution in [3.8, 4) is 0 Å². The highest BCUT2D eigenvalue weighted by atomic mass is 79.9. The number of pyridine rings is 1. The minimum atomic E-state index is -0.300. The van der Waals surface area contributed by atoms with Crippen LogP contribution < -0.4 is 5.32 Å². The third-order valence-corrected chi connectivity index (χ3v) is 3.62. The van der Waals surface area contributed by atoms with Crippen molar-refractivity contribution >= 4 is 27.7 Å². The van der Waals surface area contributed by atoms with Crippen LogP contribution in [0.4, 0.5) is 0 Å². The van der Waals surface area contributed by atoms with Crippen molar-refractivity contribution in [3.05, 3.63) is 28.5 Å². The Hall–Kier alpha value is -1.43. The maximum atomic E-state index is 12.4. The van der Waals surface area contributed by atoms with Gasteiger partial charge in [-0.2, -0.15) is 0 Å². The Labute approximate surface area is 120 Å². The molecule has 0 saturated carbocycles. The molecule has 0 radical (unpaired) electrons. The zero-order valence-electron chi connectivity index (χ0n) is 10.7. The Morgan fingerprint density at radius 2 is 2.26 bits per heavy atom. The monoisotopic (exact) mass is 325 g/mol. The molecule has 0 bridgehead atoms. The number of hydrogen-bond donors (Lipinski definition) is 1. The van der Waals surface area contributed by atoms with E-state index in [-0.39, 0.29) is 17.7 Å². The van der Waals surface area contributed by atoms with Gasteiger partial charge >= 0.3 is 0 Å². The van der Waals surface area contributed by atoms with E-state index in [2.05, 4.69) is 26.2 Å². The van der Waals surface area contributed by atoms with Crippen LogP contribution in [0.15, 0.2) is 22.8 Å². The van der Waals surface area contributed by atoms with E-state index in [1.165, 1.54) is 0 Å². The lowest BCUT2D eigenvalue weighted by Crippen LogP contribution is -2.37. The fraction of sp³-hybridized carbons (Fsp3) is 0.462. The molecule has 102 valence electrons. The van der Waals surface area contributed by atoms with Gasteiger partial charge in [0.25, 0.3) is 0 Å². The molecule has 19 heavy (non-hydrogen) atoms. The lowest BCUT2D eigenvalue weighted by Gasteiger charge is -2.23. The zero-order chi connectivity index (χ0) is 13.8. The van der Waals surface area contributed by atoms with E-state index in [0.29, 0.717) is 26.1 Å². The normalized spacial score (nSPS) is 17.6. The molecule has 0 aliphatic carbocycles. The second-order valence-electron chi connectivity index (χ2n) is 4.53. The fourth-order valence-corrected chi connectivity index (χ4v) is 2.41. The largest absolute Gasteiger partial charge is 0.354 e. The Bertz CT molecular complexity index is 493. The average Bonchev–Trinajstić information content (AvgIpc) is 2.62. The van der Waals surface area contributed by atoms with Gasteiger partial charge in [-0.25, -0.2) is 4.98 Å². The van der Waals surface area contributed by atoms with Crippen LogP contribution in [-0.2, 0) is 9.59 Å². The maximum absolute atomic E-state index is 12.4. The fourth-order valence-electron chi connectivity index (χ4n) is 2.05. The predicted molar refractivity (Wildman–Crippen MR) is 74.6 cm³/mol. The van der Waals surface area contributed by atoms with Gasteiger partial charge in [-0.15, -0.1) is 0 Å². The highest BCUT2D eigenvalue weighted by Gasteiger charge is 2.24. The van der Waals surface area contributed by atoms with Crippen LogP contribution in [0.25, 0.3) is 0 Å². The number of amides is 2. The van der Waals surface area contributed by atoms with Gasteiger partial charge in [-0.3, -0.25) is 9.59 Å². The second kappa shape index (κ2) is 6.14. The van der Waals surface area contributed by atoms with Crippen molar-refractivity contribution in [1.82, 2.24) is 15.2 Å². The number of carbonyl (C=O) groups is 2. The number of rotatable bonds is 2. The van der Waals surface area contributed by atoms with E-state index in [1.54, 1.807) is 4.90 Å². The van der Waals surface area contributed by atoms with E-state index in [4.69, 9.17) is 0 Å². The maximum Gasteiger partial charge on any atom is 0.231 e. The Morgan fingerprint density at radius 3 is 3.00 bits per heavy atom. The van der Waals surface area contributed by atoms with Crippen molar-refractivity contribution in [2.45, 2.75) is 19.3 Å². The van der Waals surface area contributed by atoms with Crippen molar-refractivity contribution in [2.24, 2.45) is 0 Å². The van der Waals surface area contributed by atoms with E-state index in [9.17, 15) is 9.59 Å². The zero-order valence-corrected chi connectivity index (χ0v) is 12.3. The van der Waals surface area contributed by atoms with Crippen LogP contribution in [0.5, 0.6) is 0 Å². The van der Waals surface area contributed by atoms with Crippen molar-refractivity contribution in [2.75, 3.05) is 19.6 Å². The minimum absolute atomic E-state index is 0.00327. The smallest absolute Gasteiger partial charge is 0.231 e. The van der Waals surface area contributed by atoms with Crippen LogP contribution >= 0.6 is 15.9 Å². The molecule has 0 aromatic carbocycles. The molecule has 1 N–H and O–H groups in total. The van der Waals surface area contributed by atoms with Gasteiger partial charge in [0.2, 0.25) is 11.8 Å². The van der Waals surface area contributed by atoms with E-state index < -0.39 is 0 Å². The summed E-state index contributed by atoms with van der Waals surface area (Å²) >= 11 is 3.31. The van der Waals surface area contributed by atoms with Crippen LogP contribution in [0.2, 0.25) is 0 Å². The summed E-state index contributed by atoms with van der Waals surface area (Å²) in [6, 6.07) is 5.54. The van der Waals surface area contributed by atoms with Crippen molar-refractivity contribution in [3.63, 3.8) is 0 Å². The first-order valence-electron chi connectivity index (χ1n) is 6.26. The average molecular weight is 326 g/mol. The van der Waals surface area contributed by atoms with Gasteiger partial charge in [-0.1, -0.05) is 6.07 Å². The lowest BCUT2D eigenvalue weighted by molar-refractivity contribution is -0.132. The van der Waals surface area contributed by atoms with Crippen LogP contribution in [0.3, 0.4) is 0 Å². The van der Waals surface area contributed by atoms with E-state index >= 15 is 0 Å². The molecule has 2 rings (SSSR count). The summed E-state index contributed by atoms with van der Waals surface area (Å²) in [6.45, 7) is 3.40. The third kappa shape index (κ3) is 3.53. The van der Waals surface area contributed by atoms with Crippen LogP contribution in [-0.4, -0.2) is 41.3 Å². The third-order valence-electron chi connectivity index (χ3n) is 3.18. The highest BCUT2D eigenvalue weighted by molar-refractivity contribution is 9.10.